The summed E-state index contributed by atoms with van der Waals surface area (Å²) in [5, 5.41) is 10.8. The van der Waals surface area contributed by atoms with Gasteiger partial charge in [-0.25, -0.2) is 4.68 Å². The largest absolute Gasteiger partial charge is 0.372 e. The van der Waals surface area contributed by atoms with E-state index in [1.165, 1.54) is 11.3 Å². The van der Waals surface area contributed by atoms with Crippen LogP contribution in [0.25, 0.3) is 5.69 Å². The molecule has 8 heteroatoms. The molecule has 1 aromatic heterocycles. The first-order chi connectivity index (χ1) is 21.3. The van der Waals surface area contributed by atoms with Crippen LogP contribution in [0.15, 0.2) is 89.6 Å². The molecule has 1 aliphatic rings. The monoisotopic (exact) mass is 657 g/mol. The first-order valence-electron chi connectivity index (χ1n) is 15.5. The molecule has 7 nitrogen and oxygen atoms in total. The van der Waals surface area contributed by atoms with Gasteiger partial charge in [0.1, 0.15) is 0 Å². The van der Waals surface area contributed by atoms with Crippen molar-refractivity contribution in [1.82, 2.24) is 20.0 Å². The van der Waals surface area contributed by atoms with Crippen LogP contribution in [0, 0.1) is 5.92 Å². The van der Waals surface area contributed by atoms with Crippen molar-refractivity contribution in [2.45, 2.75) is 59.3 Å². The van der Waals surface area contributed by atoms with Crippen molar-refractivity contribution in [2.75, 3.05) is 25.0 Å². The normalized spacial score (nSPS) is 14.3. The molecule has 0 saturated carbocycles. The quantitative estimate of drug-likeness (QED) is 0.193. The highest BCUT2D eigenvalue weighted by Gasteiger charge is 2.25. The molecule has 0 atom stereocenters. The zero-order chi connectivity index (χ0) is 31.6. The molecule has 2 aromatic carbocycles. The van der Waals surface area contributed by atoms with Crippen molar-refractivity contribution in [3.05, 3.63) is 112 Å². The molecule has 2 amide bonds. The first kappa shape index (κ1) is 33.0. The van der Waals surface area contributed by atoms with Gasteiger partial charge in [0, 0.05) is 30.9 Å². The van der Waals surface area contributed by atoms with Gasteiger partial charge < -0.3 is 15.5 Å². The number of carbonyl (C=O) groups excluding carboxylic acids is 2. The van der Waals surface area contributed by atoms with Crippen LogP contribution in [0.2, 0.25) is 0 Å². The van der Waals surface area contributed by atoms with E-state index < -0.39 is 0 Å². The maximum absolute atomic E-state index is 13.4. The van der Waals surface area contributed by atoms with Crippen LogP contribution in [0.4, 0.5) is 5.82 Å². The SMILES string of the molecule is C=C/C=C(\C=C/C)N1CCC(CCNC(=O)c2nn(-c3ccc(C(C)C)cc3)c(NC(=O)c3ccccc3CC)c2Br)CC1. The van der Waals surface area contributed by atoms with Gasteiger partial charge in [-0.1, -0.05) is 69.8 Å². The molecule has 0 aliphatic carbocycles. The predicted molar refractivity (Wildman–Crippen MR) is 183 cm³/mol. The number of hydrogen-bond donors (Lipinski definition) is 2. The Bertz CT molecular complexity index is 1510. The maximum atomic E-state index is 13.4. The number of halogens is 1. The van der Waals surface area contributed by atoms with Crippen molar-refractivity contribution >= 4 is 33.6 Å². The van der Waals surface area contributed by atoms with Crippen LogP contribution in [0.1, 0.15) is 84.8 Å². The van der Waals surface area contributed by atoms with E-state index in [0.29, 0.717) is 34.2 Å². The van der Waals surface area contributed by atoms with Gasteiger partial charge in [-0.2, -0.15) is 5.10 Å². The number of piperidine rings is 1. The number of nitrogens with one attached hydrogen (secondary N) is 2. The second-order valence-electron chi connectivity index (χ2n) is 11.4. The molecule has 0 radical (unpaired) electrons. The minimum Gasteiger partial charge on any atom is -0.372 e. The number of benzene rings is 2. The summed E-state index contributed by atoms with van der Waals surface area (Å²) in [6.45, 7) is 14.7. The number of rotatable bonds is 12. The zero-order valence-corrected chi connectivity index (χ0v) is 27.9. The van der Waals surface area contributed by atoms with Crippen molar-refractivity contribution < 1.29 is 9.59 Å². The number of allylic oxidation sites excluding steroid dienone is 4. The summed E-state index contributed by atoms with van der Waals surface area (Å²) in [6.07, 6.45) is 11.8. The van der Waals surface area contributed by atoms with Gasteiger partial charge in [0.05, 0.1) is 10.2 Å². The van der Waals surface area contributed by atoms with Crippen LogP contribution in [0.3, 0.4) is 0 Å². The molecule has 1 aliphatic heterocycles. The molecule has 3 aromatic rings. The van der Waals surface area contributed by atoms with Gasteiger partial charge in [-0.15, -0.1) is 0 Å². The molecule has 0 unspecified atom stereocenters. The molecule has 0 bridgehead atoms. The Balaban J connectivity index is 1.49. The summed E-state index contributed by atoms with van der Waals surface area (Å²) in [7, 11) is 0. The van der Waals surface area contributed by atoms with Crippen molar-refractivity contribution in [3.63, 3.8) is 0 Å². The lowest BCUT2D eigenvalue weighted by atomic mass is 9.93. The second-order valence-corrected chi connectivity index (χ2v) is 12.2. The van der Waals surface area contributed by atoms with Gasteiger partial charge in [0.15, 0.2) is 11.5 Å². The topological polar surface area (TPSA) is 79.3 Å². The van der Waals surface area contributed by atoms with Gasteiger partial charge in [0.25, 0.3) is 11.8 Å². The van der Waals surface area contributed by atoms with Gasteiger partial charge in [-0.3, -0.25) is 9.59 Å². The number of aromatic nitrogens is 2. The fourth-order valence-electron chi connectivity index (χ4n) is 5.58. The van der Waals surface area contributed by atoms with Gasteiger partial charge in [-0.05, 0) is 102 Å². The Kier molecular flexibility index (Phi) is 11.8. The molecule has 4 rings (SSSR count). The van der Waals surface area contributed by atoms with Crippen molar-refractivity contribution in [3.8, 4) is 5.69 Å². The van der Waals surface area contributed by atoms with Crippen LogP contribution in [-0.4, -0.2) is 46.1 Å². The Labute approximate surface area is 270 Å². The molecule has 44 heavy (non-hydrogen) atoms. The highest BCUT2D eigenvalue weighted by molar-refractivity contribution is 9.10. The van der Waals surface area contributed by atoms with E-state index >= 15 is 0 Å². The third-order valence-electron chi connectivity index (χ3n) is 8.17. The average Bonchev–Trinajstić information content (AvgIpc) is 3.36. The zero-order valence-electron chi connectivity index (χ0n) is 26.3. The number of hydrogen-bond acceptors (Lipinski definition) is 4. The first-order valence-corrected chi connectivity index (χ1v) is 16.3. The Morgan fingerprint density at radius 3 is 2.43 bits per heavy atom. The standard InChI is InChI=1S/C36H44BrN5O2/c1-6-11-29(12-7-2)41-23-20-26(21-24-41)19-22-38-36(44)33-32(37)34(39-35(43)31-14-10-9-13-27(31)8-3)42(40-33)30-17-15-28(16-18-30)25(4)5/h6-7,9-18,25-26H,1,8,19-24H2,2-5H3,(H,38,44)(H,39,43)/b12-7-,29-11+. The summed E-state index contributed by atoms with van der Waals surface area (Å²) in [4.78, 5) is 29.3. The summed E-state index contributed by atoms with van der Waals surface area (Å²) >= 11 is 3.61. The van der Waals surface area contributed by atoms with Crippen LogP contribution < -0.4 is 10.6 Å². The summed E-state index contributed by atoms with van der Waals surface area (Å²) in [5.74, 6) is 0.810. The Morgan fingerprint density at radius 1 is 1.09 bits per heavy atom. The lowest BCUT2D eigenvalue weighted by Gasteiger charge is -2.34. The molecule has 1 fully saturated rings. The lowest BCUT2D eigenvalue weighted by molar-refractivity contribution is 0.0942. The fraction of sp³-hybridized carbons (Fsp3) is 0.361. The molecular formula is C36H44BrN5O2. The second kappa shape index (κ2) is 15.7. The predicted octanol–water partition coefficient (Wildman–Crippen LogP) is 8.05. The molecule has 2 N–H and O–H groups in total. The van der Waals surface area contributed by atoms with Gasteiger partial charge >= 0.3 is 0 Å². The van der Waals surface area contributed by atoms with Gasteiger partial charge in [0.2, 0.25) is 0 Å². The van der Waals surface area contributed by atoms with Crippen LogP contribution >= 0.6 is 15.9 Å². The van der Waals surface area contributed by atoms with E-state index in [2.05, 4.69) is 75.2 Å². The number of aryl methyl sites for hydroxylation is 1. The Morgan fingerprint density at radius 2 is 1.80 bits per heavy atom. The molecular weight excluding hydrogens is 614 g/mol. The lowest BCUT2D eigenvalue weighted by Crippen LogP contribution is -2.34. The smallest absolute Gasteiger partial charge is 0.273 e. The third-order valence-corrected chi connectivity index (χ3v) is 8.92. The van der Waals surface area contributed by atoms with E-state index in [1.54, 1.807) is 4.68 Å². The summed E-state index contributed by atoms with van der Waals surface area (Å²) in [6, 6.07) is 15.6. The Hall–Kier alpha value is -3.91. The molecule has 1 saturated heterocycles. The summed E-state index contributed by atoms with van der Waals surface area (Å²) in [5.41, 5.74) is 4.92. The third kappa shape index (κ3) is 7.97. The highest BCUT2D eigenvalue weighted by atomic mass is 79.9. The maximum Gasteiger partial charge on any atom is 0.273 e. The number of nitrogens with zero attached hydrogens (tertiary/aromatic N) is 3. The van der Waals surface area contributed by atoms with E-state index in [4.69, 9.17) is 0 Å². The van der Waals surface area contributed by atoms with E-state index in [9.17, 15) is 9.59 Å². The van der Waals surface area contributed by atoms with Crippen LogP contribution in [0.5, 0.6) is 0 Å². The van der Waals surface area contributed by atoms with Crippen LogP contribution in [-0.2, 0) is 6.42 Å². The van der Waals surface area contributed by atoms with E-state index in [1.807, 2.05) is 68.5 Å². The minimum absolute atomic E-state index is 0.234. The molecule has 2 heterocycles. The highest BCUT2D eigenvalue weighted by Crippen LogP contribution is 2.31. The number of carbonyl (C=O) groups is 2. The van der Waals surface area contributed by atoms with Crippen molar-refractivity contribution in [2.24, 2.45) is 5.92 Å². The number of likely N-dealkylation sites (tertiary alicyclic amines) is 1. The van der Waals surface area contributed by atoms with E-state index in [0.717, 1.165) is 50.0 Å². The van der Waals surface area contributed by atoms with Crippen molar-refractivity contribution in [1.29, 1.82) is 0 Å². The number of anilines is 1. The minimum atomic E-state index is -0.277. The molecule has 0 spiro atoms. The molecule has 232 valence electrons. The number of amides is 2. The summed E-state index contributed by atoms with van der Waals surface area (Å²) < 4.78 is 2.08. The average molecular weight is 659 g/mol. The van der Waals surface area contributed by atoms with E-state index in [-0.39, 0.29) is 17.5 Å². The fourth-order valence-corrected chi connectivity index (χ4v) is 6.10.